The monoisotopic (exact) mass is 182 g/mol. The number of hydrogen-bond acceptors (Lipinski definition) is 0. The van der Waals surface area contributed by atoms with Gasteiger partial charge in [-0.25, -0.2) is 8.78 Å². The quantitative estimate of drug-likeness (QED) is 0.578. The standard InChI is InChI=1S/C11H12F2/c1-11(2)6-5-7-8(11)3-4-9(12)10(7)13/h3-4H,5-6H2,1-2H3. The minimum absolute atomic E-state index is 0.00384. The lowest BCUT2D eigenvalue weighted by Crippen LogP contribution is -2.12. The number of hydrogen-bond donors (Lipinski definition) is 0. The third-order valence-corrected chi connectivity index (χ3v) is 2.93. The molecule has 0 saturated heterocycles. The molecular weight excluding hydrogens is 170 g/mol. The number of halogens is 2. The molecule has 0 spiro atoms. The molecule has 1 aromatic rings. The van der Waals surface area contributed by atoms with E-state index in [4.69, 9.17) is 0 Å². The fourth-order valence-corrected chi connectivity index (χ4v) is 2.04. The van der Waals surface area contributed by atoms with Crippen LogP contribution in [0.3, 0.4) is 0 Å². The van der Waals surface area contributed by atoms with Gasteiger partial charge >= 0.3 is 0 Å². The smallest absolute Gasteiger partial charge is 0.162 e. The highest BCUT2D eigenvalue weighted by molar-refractivity contribution is 5.39. The third kappa shape index (κ3) is 1.16. The molecule has 2 rings (SSSR count). The van der Waals surface area contributed by atoms with Crippen molar-refractivity contribution >= 4 is 0 Å². The van der Waals surface area contributed by atoms with Crippen LogP contribution in [0.2, 0.25) is 0 Å². The Morgan fingerprint density at radius 1 is 1.23 bits per heavy atom. The van der Waals surface area contributed by atoms with Gasteiger partial charge in [-0.2, -0.15) is 0 Å². The second-order valence-electron chi connectivity index (χ2n) is 4.27. The Morgan fingerprint density at radius 3 is 2.62 bits per heavy atom. The van der Waals surface area contributed by atoms with Crippen LogP contribution >= 0.6 is 0 Å². The van der Waals surface area contributed by atoms with Gasteiger partial charge in [0.2, 0.25) is 0 Å². The second-order valence-corrected chi connectivity index (χ2v) is 4.27. The lowest BCUT2D eigenvalue weighted by molar-refractivity contribution is 0.500. The first-order valence-electron chi connectivity index (χ1n) is 4.50. The molecule has 0 fully saturated rings. The van der Waals surface area contributed by atoms with Gasteiger partial charge in [0, 0.05) is 0 Å². The highest BCUT2D eigenvalue weighted by Crippen LogP contribution is 2.39. The third-order valence-electron chi connectivity index (χ3n) is 2.93. The van der Waals surface area contributed by atoms with Gasteiger partial charge in [0.1, 0.15) is 0 Å². The molecule has 0 atom stereocenters. The van der Waals surface area contributed by atoms with E-state index in [9.17, 15) is 8.78 Å². The van der Waals surface area contributed by atoms with E-state index in [0.717, 1.165) is 12.0 Å². The van der Waals surface area contributed by atoms with E-state index in [1.165, 1.54) is 6.07 Å². The maximum Gasteiger partial charge on any atom is 0.162 e. The normalized spacial score (nSPS) is 18.8. The van der Waals surface area contributed by atoms with Crippen LogP contribution in [0.25, 0.3) is 0 Å². The predicted molar refractivity (Wildman–Crippen MR) is 47.7 cm³/mol. The van der Waals surface area contributed by atoms with Crippen LogP contribution in [0, 0.1) is 11.6 Å². The molecule has 0 amide bonds. The molecule has 2 heteroatoms. The highest BCUT2D eigenvalue weighted by atomic mass is 19.2. The summed E-state index contributed by atoms with van der Waals surface area (Å²) >= 11 is 0. The van der Waals surface area contributed by atoms with Crippen molar-refractivity contribution in [1.82, 2.24) is 0 Å². The van der Waals surface area contributed by atoms with Crippen LogP contribution in [-0.4, -0.2) is 0 Å². The summed E-state index contributed by atoms with van der Waals surface area (Å²) in [4.78, 5) is 0. The zero-order valence-electron chi connectivity index (χ0n) is 7.82. The van der Waals surface area contributed by atoms with Crippen LogP contribution in [0.1, 0.15) is 31.4 Å². The SMILES string of the molecule is CC1(C)CCc2c1ccc(F)c2F. The molecule has 0 saturated carbocycles. The molecule has 0 aliphatic heterocycles. The summed E-state index contributed by atoms with van der Waals surface area (Å²) in [5.74, 6) is -1.38. The summed E-state index contributed by atoms with van der Waals surface area (Å²) in [6.45, 7) is 4.13. The van der Waals surface area contributed by atoms with Gasteiger partial charge < -0.3 is 0 Å². The van der Waals surface area contributed by atoms with Crippen LogP contribution in [-0.2, 0) is 11.8 Å². The van der Waals surface area contributed by atoms with Crippen LogP contribution < -0.4 is 0 Å². The average molecular weight is 182 g/mol. The van der Waals surface area contributed by atoms with E-state index in [1.807, 2.05) is 0 Å². The molecule has 0 N–H and O–H groups in total. The first-order chi connectivity index (χ1) is 6.02. The largest absolute Gasteiger partial charge is 0.204 e. The summed E-state index contributed by atoms with van der Waals surface area (Å²) in [6, 6.07) is 2.93. The van der Waals surface area contributed by atoms with Crippen molar-refractivity contribution in [2.24, 2.45) is 0 Å². The molecule has 13 heavy (non-hydrogen) atoms. The van der Waals surface area contributed by atoms with Crippen LogP contribution in [0.15, 0.2) is 12.1 Å². The summed E-state index contributed by atoms with van der Waals surface area (Å²) in [5.41, 5.74) is 1.54. The van der Waals surface area contributed by atoms with Crippen molar-refractivity contribution in [1.29, 1.82) is 0 Å². The Labute approximate surface area is 76.6 Å². The first kappa shape index (κ1) is 8.67. The maximum atomic E-state index is 13.3. The zero-order valence-corrected chi connectivity index (χ0v) is 7.82. The summed E-state index contributed by atoms with van der Waals surface area (Å²) in [6.07, 6.45) is 1.56. The Kier molecular flexibility index (Phi) is 1.69. The second kappa shape index (κ2) is 2.53. The van der Waals surface area contributed by atoms with Gasteiger partial charge in [0.25, 0.3) is 0 Å². The molecule has 0 aromatic heterocycles. The van der Waals surface area contributed by atoms with Gasteiger partial charge in [-0.15, -0.1) is 0 Å². The van der Waals surface area contributed by atoms with E-state index in [1.54, 1.807) is 6.07 Å². The van der Waals surface area contributed by atoms with E-state index in [0.29, 0.717) is 12.0 Å². The van der Waals surface area contributed by atoms with Crippen molar-refractivity contribution in [2.75, 3.05) is 0 Å². The fraction of sp³-hybridized carbons (Fsp3) is 0.455. The summed E-state index contributed by atoms with van der Waals surface area (Å²) in [7, 11) is 0. The van der Waals surface area contributed by atoms with Gasteiger partial charge in [-0.3, -0.25) is 0 Å². The Balaban J connectivity index is 2.64. The van der Waals surface area contributed by atoms with Gasteiger partial charge in [0.15, 0.2) is 11.6 Å². The summed E-state index contributed by atoms with van der Waals surface area (Å²) in [5, 5.41) is 0. The van der Waals surface area contributed by atoms with Gasteiger partial charge in [-0.1, -0.05) is 19.9 Å². The van der Waals surface area contributed by atoms with Crippen molar-refractivity contribution < 1.29 is 8.78 Å². The van der Waals surface area contributed by atoms with E-state index in [-0.39, 0.29) is 5.41 Å². The number of fused-ring (bicyclic) bond motifs is 1. The molecule has 1 aliphatic rings. The van der Waals surface area contributed by atoms with Crippen molar-refractivity contribution in [3.8, 4) is 0 Å². The van der Waals surface area contributed by atoms with Crippen molar-refractivity contribution in [3.05, 3.63) is 34.9 Å². The first-order valence-corrected chi connectivity index (χ1v) is 4.50. The van der Waals surface area contributed by atoms with E-state index in [2.05, 4.69) is 13.8 Å². The average Bonchev–Trinajstić information content (AvgIpc) is 2.35. The molecule has 0 heterocycles. The molecule has 70 valence electrons. The molecule has 0 unspecified atom stereocenters. The Hall–Kier alpha value is -0.920. The van der Waals surface area contributed by atoms with Gasteiger partial charge in [0.05, 0.1) is 0 Å². The lowest BCUT2D eigenvalue weighted by Gasteiger charge is -2.18. The van der Waals surface area contributed by atoms with Crippen molar-refractivity contribution in [2.45, 2.75) is 32.1 Å². The summed E-state index contributed by atoms with van der Waals surface area (Å²) < 4.78 is 26.1. The molecule has 0 bridgehead atoms. The highest BCUT2D eigenvalue weighted by Gasteiger charge is 2.32. The fourth-order valence-electron chi connectivity index (χ4n) is 2.04. The topological polar surface area (TPSA) is 0 Å². The molecule has 0 nitrogen and oxygen atoms in total. The predicted octanol–water partition coefficient (Wildman–Crippen LogP) is 3.19. The number of rotatable bonds is 0. The molecule has 1 aromatic carbocycles. The maximum absolute atomic E-state index is 13.3. The Morgan fingerprint density at radius 2 is 1.92 bits per heavy atom. The minimum atomic E-state index is -0.726. The van der Waals surface area contributed by atoms with E-state index >= 15 is 0 Å². The minimum Gasteiger partial charge on any atom is -0.204 e. The van der Waals surface area contributed by atoms with Crippen LogP contribution in [0.4, 0.5) is 8.78 Å². The number of benzene rings is 1. The Bertz CT molecular complexity index is 353. The van der Waals surface area contributed by atoms with Gasteiger partial charge in [-0.05, 0) is 35.4 Å². The zero-order chi connectivity index (χ0) is 9.64. The van der Waals surface area contributed by atoms with Crippen LogP contribution in [0.5, 0.6) is 0 Å². The van der Waals surface area contributed by atoms with E-state index < -0.39 is 11.6 Å². The molecule has 0 radical (unpaired) electrons. The molecule has 1 aliphatic carbocycles. The molecular formula is C11H12F2. The van der Waals surface area contributed by atoms with Crippen molar-refractivity contribution in [3.63, 3.8) is 0 Å². The lowest BCUT2D eigenvalue weighted by atomic mass is 9.87.